The van der Waals surface area contributed by atoms with Gasteiger partial charge in [0.2, 0.25) is 5.60 Å². The van der Waals surface area contributed by atoms with E-state index in [4.69, 9.17) is 16.0 Å². The molecule has 1 saturated carbocycles. The number of hydrogen-bond donors (Lipinski definition) is 0. The molecule has 0 N–H and O–H groups in total. The largest absolute Gasteiger partial charge is 0.432 e. The van der Waals surface area contributed by atoms with E-state index in [1.165, 1.54) is 6.07 Å². The number of nitro benzene ring substituents is 1. The molecule has 0 spiro atoms. The smallest absolute Gasteiger partial charge is 0.391 e. The van der Waals surface area contributed by atoms with Crippen LogP contribution in [-0.4, -0.2) is 19.4 Å². The highest BCUT2D eigenvalue weighted by Crippen LogP contribution is 2.48. The molecule has 0 saturated heterocycles. The average Bonchev–Trinajstić information content (AvgIpc) is 3.24. The van der Waals surface area contributed by atoms with Crippen LogP contribution in [0.25, 0.3) is 0 Å². The summed E-state index contributed by atoms with van der Waals surface area (Å²) in [5, 5.41) is 11.3. The topological polar surface area (TPSA) is 52.4 Å². The molecule has 0 heterocycles. The molecule has 0 radical (unpaired) electrons. The summed E-state index contributed by atoms with van der Waals surface area (Å²) in [6.07, 6.45) is -3.54. The van der Waals surface area contributed by atoms with Crippen LogP contribution >= 0.6 is 11.6 Å². The zero-order chi connectivity index (χ0) is 19.0. The minimum atomic E-state index is -4.97. The van der Waals surface area contributed by atoms with Gasteiger partial charge in [0.1, 0.15) is 0 Å². The molecule has 1 aromatic rings. The van der Waals surface area contributed by atoms with Gasteiger partial charge >= 0.3 is 6.18 Å². The third kappa shape index (κ3) is 4.54. The van der Waals surface area contributed by atoms with Crippen molar-refractivity contribution in [3.8, 4) is 11.8 Å². The standard InChI is InChI=1S/C16H17ClF3NO3Si/c1-25(2,3)24-15(16(18,19)20,9-8-11-4-5-11)13-10-12(17)6-7-14(13)21(22)23/h6-7,10-11H,4-5H2,1-3H3/t15-/m0/s1. The number of halogens is 4. The third-order valence-electron chi connectivity index (χ3n) is 3.42. The van der Waals surface area contributed by atoms with Gasteiger partial charge in [0.25, 0.3) is 5.69 Å². The van der Waals surface area contributed by atoms with Gasteiger partial charge < -0.3 is 4.43 Å². The first-order valence-electron chi connectivity index (χ1n) is 7.60. The fraction of sp³-hybridized carbons (Fsp3) is 0.500. The quantitative estimate of drug-likeness (QED) is 0.304. The molecule has 0 unspecified atom stereocenters. The lowest BCUT2D eigenvalue weighted by atomic mass is 9.91. The molecular formula is C16H17ClF3NO3Si. The molecule has 0 amide bonds. The van der Waals surface area contributed by atoms with Gasteiger partial charge in [-0.3, -0.25) is 10.1 Å². The summed E-state index contributed by atoms with van der Waals surface area (Å²) in [4.78, 5) is 10.4. The normalized spacial score (nSPS) is 17.4. The Hall–Kier alpha value is -1.56. The van der Waals surface area contributed by atoms with Crippen molar-refractivity contribution in [3.05, 3.63) is 38.9 Å². The highest BCUT2D eigenvalue weighted by atomic mass is 35.5. The molecule has 2 rings (SSSR count). The molecule has 4 nitrogen and oxygen atoms in total. The molecule has 136 valence electrons. The van der Waals surface area contributed by atoms with Gasteiger partial charge in [-0.1, -0.05) is 23.4 Å². The molecule has 0 aliphatic heterocycles. The van der Waals surface area contributed by atoms with Crippen molar-refractivity contribution in [2.45, 2.75) is 44.3 Å². The van der Waals surface area contributed by atoms with Crippen molar-refractivity contribution in [2.24, 2.45) is 5.92 Å². The van der Waals surface area contributed by atoms with Crippen molar-refractivity contribution in [1.29, 1.82) is 0 Å². The summed E-state index contributed by atoms with van der Waals surface area (Å²) in [6.45, 7) is 4.72. The molecule has 1 aliphatic carbocycles. The summed E-state index contributed by atoms with van der Waals surface area (Å²) in [7, 11) is -2.80. The predicted octanol–water partition coefficient (Wildman–Crippen LogP) is 5.27. The number of nitrogens with zero attached hydrogens (tertiary/aromatic N) is 1. The maximum absolute atomic E-state index is 14.2. The summed E-state index contributed by atoms with van der Waals surface area (Å²) in [5.74, 6) is 4.64. The first-order chi connectivity index (χ1) is 11.4. The van der Waals surface area contributed by atoms with E-state index in [9.17, 15) is 23.3 Å². The van der Waals surface area contributed by atoms with Crippen LogP contribution in [0.15, 0.2) is 18.2 Å². The number of rotatable bonds is 4. The van der Waals surface area contributed by atoms with Crippen molar-refractivity contribution < 1.29 is 22.5 Å². The second-order valence-corrected chi connectivity index (χ2v) is 11.7. The van der Waals surface area contributed by atoms with Crippen LogP contribution < -0.4 is 0 Å². The Kier molecular flexibility index (Phi) is 5.24. The van der Waals surface area contributed by atoms with Gasteiger partial charge in [-0.05, 0) is 44.6 Å². The Bertz CT molecular complexity index is 748. The van der Waals surface area contributed by atoms with Gasteiger partial charge in [-0.2, -0.15) is 13.2 Å². The summed E-state index contributed by atoms with van der Waals surface area (Å²) in [6, 6.07) is 3.05. The van der Waals surface area contributed by atoms with Crippen LogP contribution in [0, 0.1) is 27.9 Å². The number of benzene rings is 1. The van der Waals surface area contributed by atoms with E-state index in [2.05, 4.69) is 11.8 Å². The van der Waals surface area contributed by atoms with E-state index in [-0.39, 0.29) is 10.9 Å². The minimum absolute atomic E-state index is 0.0541. The fourth-order valence-electron chi connectivity index (χ4n) is 2.27. The lowest BCUT2D eigenvalue weighted by molar-refractivity contribution is -0.387. The number of hydrogen-bond acceptors (Lipinski definition) is 3. The Morgan fingerprint density at radius 2 is 1.92 bits per heavy atom. The van der Waals surface area contributed by atoms with Crippen LogP contribution in [-0.2, 0) is 10.0 Å². The van der Waals surface area contributed by atoms with Gasteiger partial charge in [-0.15, -0.1) is 0 Å². The molecule has 1 fully saturated rings. The summed E-state index contributed by atoms with van der Waals surface area (Å²) < 4.78 is 48.0. The molecule has 0 aromatic heterocycles. The first kappa shape index (κ1) is 19.8. The van der Waals surface area contributed by atoms with Crippen LogP contribution in [0.5, 0.6) is 0 Å². The van der Waals surface area contributed by atoms with Crippen molar-refractivity contribution >= 4 is 25.6 Å². The Balaban J connectivity index is 2.80. The molecule has 9 heteroatoms. The SMILES string of the molecule is C[Si](C)(C)O[C@@](C#CC1CC1)(c1cc(Cl)ccc1[N+](=O)[O-])C(F)(F)F. The molecule has 1 aromatic carbocycles. The zero-order valence-electron chi connectivity index (χ0n) is 13.9. The molecule has 0 bridgehead atoms. The highest BCUT2D eigenvalue weighted by molar-refractivity contribution is 6.69. The molecule has 25 heavy (non-hydrogen) atoms. The number of alkyl halides is 3. The van der Waals surface area contributed by atoms with Gasteiger partial charge in [-0.25, -0.2) is 0 Å². The molecular weight excluding hydrogens is 375 g/mol. The van der Waals surface area contributed by atoms with E-state index in [1.54, 1.807) is 19.6 Å². The van der Waals surface area contributed by atoms with Gasteiger partial charge in [0.15, 0.2) is 8.32 Å². The van der Waals surface area contributed by atoms with E-state index in [0.29, 0.717) is 12.8 Å². The summed E-state index contributed by atoms with van der Waals surface area (Å²) >= 11 is 5.84. The maximum Gasteiger partial charge on any atom is 0.432 e. The highest BCUT2D eigenvalue weighted by Gasteiger charge is 2.61. The lowest BCUT2D eigenvalue weighted by Gasteiger charge is -2.36. The van der Waals surface area contributed by atoms with E-state index in [0.717, 1.165) is 12.1 Å². The van der Waals surface area contributed by atoms with Crippen molar-refractivity contribution in [2.75, 3.05) is 0 Å². The van der Waals surface area contributed by atoms with E-state index >= 15 is 0 Å². The van der Waals surface area contributed by atoms with Crippen LogP contribution in [0.4, 0.5) is 18.9 Å². The average molecular weight is 392 g/mol. The maximum atomic E-state index is 14.2. The second kappa shape index (κ2) is 6.63. The Morgan fingerprint density at radius 3 is 2.36 bits per heavy atom. The molecule has 1 atom stereocenters. The second-order valence-electron chi connectivity index (χ2n) is 6.86. The fourth-order valence-corrected chi connectivity index (χ4v) is 3.64. The van der Waals surface area contributed by atoms with Gasteiger partial charge in [0, 0.05) is 17.0 Å². The number of nitro groups is 1. The Labute approximate surface area is 149 Å². The first-order valence-corrected chi connectivity index (χ1v) is 11.4. The van der Waals surface area contributed by atoms with Crippen molar-refractivity contribution in [1.82, 2.24) is 0 Å². The van der Waals surface area contributed by atoms with Gasteiger partial charge in [0.05, 0.1) is 10.5 Å². The third-order valence-corrected chi connectivity index (χ3v) is 4.58. The summed E-state index contributed by atoms with van der Waals surface area (Å²) in [5.41, 5.74) is -4.47. The van der Waals surface area contributed by atoms with Crippen LogP contribution in [0.3, 0.4) is 0 Å². The van der Waals surface area contributed by atoms with E-state index < -0.39 is 36.3 Å². The predicted molar refractivity (Wildman–Crippen MR) is 90.8 cm³/mol. The Morgan fingerprint density at radius 1 is 1.32 bits per heavy atom. The lowest BCUT2D eigenvalue weighted by Crippen LogP contribution is -2.50. The van der Waals surface area contributed by atoms with E-state index in [1.807, 2.05) is 0 Å². The minimum Gasteiger partial charge on any atom is -0.391 e. The van der Waals surface area contributed by atoms with Crippen LogP contribution in [0.1, 0.15) is 18.4 Å². The van der Waals surface area contributed by atoms with Crippen molar-refractivity contribution in [3.63, 3.8) is 0 Å². The molecule has 1 aliphatic rings. The zero-order valence-corrected chi connectivity index (χ0v) is 15.7. The van der Waals surface area contributed by atoms with Crippen LogP contribution in [0.2, 0.25) is 24.7 Å². The monoisotopic (exact) mass is 391 g/mol.